The Morgan fingerprint density at radius 1 is 1.00 bits per heavy atom. The van der Waals surface area contributed by atoms with E-state index in [-0.39, 0.29) is 0 Å². The van der Waals surface area contributed by atoms with Crippen molar-refractivity contribution < 1.29 is 0 Å². The molecule has 3 heterocycles. The zero-order valence-electron chi connectivity index (χ0n) is 14.7. The number of piperazine rings is 1. The third kappa shape index (κ3) is 2.73. The summed E-state index contributed by atoms with van der Waals surface area (Å²) in [6.07, 6.45) is 1.07. The van der Waals surface area contributed by atoms with E-state index in [0.717, 1.165) is 50.1 Å². The van der Waals surface area contributed by atoms with Crippen molar-refractivity contribution in [1.29, 1.82) is 0 Å². The topological polar surface area (TPSA) is 35.5 Å². The second-order valence-corrected chi connectivity index (χ2v) is 6.97. The van der Waals surface area contributed by atoms with Crippen LogP contribution in [0.5, 0.6) is 0 Å². The van der Waals surface area contributed by atoms with Crippen LogP contribution in [-0.4, -0.2) is 54.1 Å². The molecule has 0 N–H and O–H groups in total. The molecule has 0 bridgehead atoms. The lowest BCUT2D eigenvalue weighted by molar-refractivity contribution is 0.312. The molecule has 5 heteroatoms. The molecule has 0 saturated carbocycles. The van der Waals surface area contributed by atoms with E-state index in [1.54, 1.807) is 0 Å². The highest BCUT2D eigenvalue weighted by molar-refractivity contribution is 5.70. The van der Waals surface area contributed by atoms with E-state index in [9.17, 15) is 0 Å². The quantitative estimate of drug-likeness (QED) is 0.849. The summed E-state index contributed by atoms with van der Waals surface area (Å²) in [6, 6.07) is 11.2. The smallest absolute Gasteiger partial charge is 0.139 e. The highest BCUT2D eigenvalue weighted by atomic mass is 15.3. The molecule has 2 aliphatic heterocycles. The highest BCUT2D eigenvalue weighted by Gasteiger charge is 2.28. The van der Waals surface area contributed by atoms with Gasteiger partial charge in [0, 0.05) is 44.0 Å². The first-order chi connectivity index (χ1) is 11.6. The summed E-state index contributed by atoms with van der Waals surface area (Å²) >= 11 is 0. The Hall–Kier alpha value is -2.14. The summed E-state index contributed by atoms with van der Waals surface area (Å²) in [5.41, 5.74) is 2.69. The number of benzene rings is 1. The van der Waals surface area contributed by atoms with Crippen molar-refractivity contribution in [2.45, 2.75) is 26.3 Å². The predicted molar refractivity (Wildman–Crippen MR) is 98.2 cm³/mol. The van der Waals surface area contributed by atoms with E-state index >= 15 is 0 Å². The Morgan fingerprint density at radius 3 is 2.50 bits per heavy atom. The Morgan fingerprint density at radius 2 is 1.71 bits per heavy atom. The van der Waals surface area contributed by atoms with Gasteiger partial charge in [0.2, 0.25) is 0 Å². The van der Waals surface area contributed by atoms with Gasteiger partial charge >= 0.3 is 0 Å². The molecule has 0 aliphatic carbocycles. The predicted octanol–water partition coefficient (Wildman–Crippen LogP) is 2.62. The van der Waals surface area contributed by atoms with Gasteiger partial charge in [-0.05, 0) is 38.9 Å². The zero-order valence-corrected chi connectivity index (χ0v) is 14.7. The molecule has 5 nitrogen and oxygen atoms in total. The van der Waals surface area contributed by atoms with Gasteiger partial charge < -0.3 is 14.7 Å². The summed E-state index contributed by atoms with van der Waals surface area (Å²) in [5.74, 6) is 2.93. The van der Waals surface area contributed by atoms with Gasteiger partial charge in [-0.15, -0.1) is 0 Å². The lowest BCUT2D eigenvalue weighted by Gasteiger charge is -2.34. The minimum Gasteiger partial charge on any atom is -0.354 e. The minimum absolute atomic E-state index is 0.428. The molecule has 0 radical (unpaired) electrons. The fraction of sp³-hybridized carbons (Fsp3) is 0.474. The summed E-state index contributed by atoms with van der Waals surface area (Å²) < 4.78 is 0. The number of fused-ring (bicyclic) bond motifs is 1. The Balaban J connectivity index is 1.69. The zero-order chi connectivity index (χ0) is 16.7. The fourth-order valence-corrected chi connectivity index (χ4v) is 3.77. The normalized spacial score (nSPS) is 21.2. The largest absolute Gasteiger partial charge is 0.354 e. The Kier molecular flexibility index (Phi) is 3.88. The molecule has 1 saturated heterocycles. The number of para-hydroxylation sites is 1. The number of anilines is 3. The van der Waals surface area contributed by atoms with E-state index in [1.807, 2.05) is 6.92 Å². The number of aryl methyl sites for hydroxylation is 1. The molecule has 0 amide bonds. The van der Waals surface area contributed by atoms with Crippen LogP contribution in [0.15, 0.2) is 30.3 Å². The van der Waals surface area contributed by atoms with E-state index in [2.05, 4.69) is 59.0 Å². The third-order valence-electron chi connectivity index (χ3n) is 5.09. The van der Waals surface area contributed by atoms with Gasteiger partial charge in [-0.2, -0.15) is 0 Å². The molecular weight excluding hydrogens is 298 g/mol. The first kappa shape index (κ1) is 15.4. The van der Waals surface area contributed by atoms with Crippen molar-refractivity contribution in [3.05, 3.63) is 41.7 Å². The van der Waals surface area contributed by atoms with Crippen LogP contribution in [0.2, 0.25) is 0 Å². The molecule has 4 rings (SSSR count). The van der Waals surface area contributed by atoms with Gasteiger partial charge in [-0.1, -0.05) is 18.2 Å². The van der Waals surface area contributed by atoms with E-state index < -0.39 is 0 Å². The number of aromatic nitrogens is 2. The number of rotatable bonds is 2. The second-order valence-electron chi connectivity index (χ2n) is 6.97. The van der Waals surface area contributed by atoms with Crippen molar-refractivity contribution in [2.75, 3.05) is 43.0 Å². The molecule has 1 unspecified atom stereocenters. The molecule has 2 aromatic rings. The van der Waals surface area contributed by atoms with Crippen molar-refractivity contribution >= 4 is 17.3 Å². The number of nitrogens with zero attached hydrogens (tertiary/aromatic N) is 5. The van der Waals surface area contributed by atoms with E-state index in [0.29, 0.717) is 6.04 Å². The number of likely N-dealkylation sites (N-methyl/N-ethyl adjacent to an activating group) is 1. The van der Waals surface area contributed by atoms with Gasteiger partial charge in [0.25, 0.3) is 0 Å². The lowest BCUT2D eigenvalue weighted by atomic mass is 10.1. The van der Waals surface area contributed by atoms with Crippen LogP contribution in [0.1, 0.15) is 18.3 Å². The molecule has 1 aromatic carbocycles. The minimum atomic E-state index is 0.428. The SMILES string of the molecule is Cc1nc(N2CCN(C)CC2)cc(N2c3ccccc3CC2C)n1. The summed E-state index contributed by atoms with van der Waals surface area (Å²) in [4.78, 5) is 16.6. The Labute approximate surface area is 143 Å². The fourth-order valence-electron chi connectivity index (χ4n) is 3.77. The lowest BCUT2D eigenvalue weighted by Crippen LogP contribution is -2.45. The summed E-state index contributed by atoms with van der Waals surface area (Å²) in [6.45, 7) is 8.49. The molecule has 1 aromatic heterocycles. The maximum Gasteiger partial charge on any atom is 0.139 e. The van der Waals surface area contributed by atoms with Crippen LogP contribution in [0.4, 0.5) is 17.3 Å². The number of hydrogen-bond donors (Lipinski definition) is 0. The molecule has 2 aliphatic rings. The monoisotopic (exact) mass is 323 g/mol. The van der Waals surface area contributed by atoms with Gasteiger partial charge in [-0.3, -0.25) is 0 Å². The first-order valence-electron chi connectivity index (χ1n) is 8.78. The molecule has 0 spiro atoms. The molecular formula is C19H25N5. The maximum absolute atomic E-state index is 4.75. The van der Waals surface area contributed by atoms with Gasteiger partial charge in [0.05, 0.1) is 0 Å². The average molecular weight is 323 g/mol. The van der Waals surface area contributed by atoms with E-state index in [4.69, 9.17) is 9.97 Å². The van der Waals surface area contributed by atoms with Crippen LogP contribution < -0.4 is 9.80 Å². The summed E-state index contributed by atoms with van der Waals surface area (Å²) in [5, 5.41) is 0. The van der Waals surface area contributed by atoms with E-state index in [1.165, 1.54) is 11.3 Å². The van der Waals surface area contributed by atoms with Crippen LogP contribution >= 0.6 is 0 Å². The van der Waals surface area contributed by atoms with Crippen molar-refractivity contribution in [1.82, 2.24) is 14.9 Å². The maximum atomic E-state index is 4.75. The van der Waals surface area contributed by atoms with Crippen LogP contribution in [0.3, 0.4) is 0 Å². The number of hydrogen-bond acceptors (Lipinski definition) is 5. The van der Waals surface area contributed by atoms with Crippen LogP contribution in [-0.2, 0) is 6.42 Å². The van der Waals surface area contributed by atoms with Gasteiger partial charge in [-0.25, -0.2) is 9.97 Å². The second kappa shape index (κ2) is 6.06. The average Bonchev–Trinajstić information content (AvgIpc) is 2.90. The van der Waals surface area contributed by atoms with Crippen molar-refractivity contribution in [3.8, 4) is 0 Å². The van der Waals surface area contributed by atoms with Crippen molar-refractivity contribution in [3.63, 3.8) is 0 Å². The van der Waals surface area contributed by atoms with Crippen LogP contribution in [0, 0.1) is 6.92 Å². The summed E-state index contributed by atoms with van der Waals surface area (Å²) in [7, 11) is 2.18. The Bertz CT molecular complexity index is 736. The molecule has 24 heavy (non-hydrogen) atoms. The molecule has 126 valence electrons. The third-order valence-corrected chi connectivity index (χ3v) is 5.09. The highest BCUT2D eigenvalue weighted by Crippen LogP contribution is 2.38. The van der Waals surface area contributed by atoms with Crippen molar-refractivity contribution in [2.24, 2.45) is 0 Å². The first-order valence-corrected chi connectivity index (χ1v) is 8.78. The molecule has 1 atom stereocenters. The standard InChI is InChI=1S/C19H25N5/c1-14-12-16-6-4-5-7-17(16)24(14)19-13-18(20-15(2)21-19)23-10-8-22(3)9-11-23/h4-7,13-14H,8-12H2,1-3H3. The van der Waals surface area contributed by atoms with Gasteiger partial charge in [0.15, 0.2) is 0 Å². The van der Waals surface area contributed by atoms with Crippen LogP contribution in [0.25, 0.3) is 0 Å². The molecule has 1 fully saturated rings. The van der Waals surface area contributed by atoms with Gasteiger partial charge in [0.1, 0.15) is 17.5 Å².